The van der Waals surface area contributed by atoms with Crippen LogP contribution in [-0.2, 0) is 6.54 Å². The second-order valence-corrected chi connectivity index (χ2v) is 4.38. The quantitative estimate of drug-likeness (QED) is 0.869. The van der Waals surface area contributed by atoms with E-state index in [-0.39, 0.29) is 11.8 Å². The van der Waals surface area contributed by atoms with Gasteiger partial charge in [-0.1, -0.05) is 6.07 Å². The van der Waals surface area contributed by atoms with E-state index in [2.05, 4.69) is 17.3 Å². The Bertz CT molecular complexity index is 551. The van der Waals surface area contributed by atoms with Crippen molar-refractivity contribution in [3.05, 3.63) is 36.2 Å². The van der Waals surface area contributed by atoms with E-state index < -0.39 is 0 Å². The maximum Gasteiger partial charge on any atom is 0.160 e. The molecule has 102 valence electrons. The van der Waals surface area contributed by atoms with Crippen LogP contribution in [0.4, 0.5) is 5.69 Å². The Balaban J connectivity index is 2.12. The van der Waals surface area contributed by atoms with Gasteiger partial charge >= 0.3 is 0 Å². The number of anilines is 1. The third-order valence-electron chi connectivity index (χ3n) is 3.04. The van der Waals surface area contributed by atoms with Crippen molar-refractivity contribution in [1.82, 2.24) is 9.78 Å². The van der Waals surface area contributed by atoms with E-state index in [9.17, 15) is 5.11 Å². The van der Waals surface area contributed by atoms with Gasteiger partial charge in [-0.05, 0) is 31.5 Å². The summed E-state index contributed by atoms with van der Waals surface area (Å²) in [7, 11) is 1.54. The number of aromatic hydroxyl groups is 1. The first-order chi connectivity index (χ1) is 9.13. The Labute approximate surface area is 112 Å². The van der Waals surface area contributed by atoms with Crippen molar-refractivity contribution >= 4 is 5.69 Å². The third kappa shape index (κ3) is 2.99. The molecule has 1 heterocycles. The van der Waals surface area contributed by atoms with Crippen molar-refractivity contribution in [2.45, 2.75) is 26.4 Å². The minimum absolute atomic E-state index is 0.101. The predicted octanol–water partition coefficient (Wildman–Crippen LogP) is 2.79. The summed E-state index contributed by atoms with van der Waals surface area (Å²) in [5.74, 6) is 0.632. The first kappa shape index (κ1) is 13.3. The number of nitrogens with one attached hydrogen (secondary N) is 1. The van der Waals surface area contributed by atoms with Crippen LogP contribution in [0.1, 0.15) is 25.5 Å². The molecule has 5 heteroatoms. The number of benzene rings is 1. The minimum Gasteiger partial charge on any atom is -0.504 e. The van der Waals surface area contributed by atoms with Gasteiger partial charge in [-0.2, -0.15) is 5.10 Å². The zero-order valence-corrected chi connectivity index (χ0v) is 11.4. The normalized spacial score (nSPS) is 12.2. The number of hydrogen-bond donors (Lipinski definition) is 2. The van der Waals surface area contributed by atoms with E-state index in [1.165, 1.54) is 0 Å². The first-order valence-corrected chi connectivity index (χ1v) is 6.30. The Morgan fingerprint density at radius 2 is 2.26 bits per heavy atom. The molecule has 19 heavy (non-hydrogen) atoms. The second kappa shape index (κ2) is 5.65. The summed E-state index contributed by atoms with van der Waals surface area (Å²) < 4.78 is 6.98. The summed E-state index contributed by atoms with van der Waals surface area (Å²) in [5.41, 5.74) is 2.01. The highest BCUT2D eigenvalue weighted by molar-refractivity contribution is 5.46. The fraction of sp³-hybridized carbons (Fsp3) is 0.357. The van der Waals surface area contributed by atoms with E-state index in [0.717, 1.165) is 17.8 Å². The average Bonchev–Trinajstić information content (AvgIpc) is 2.86. The van der Waals surface area contributed by atoms with Crippen molar-refractivity contribution in [3.63, 3.8) is 0 Å². The number of aromatic nitrogens is 2. The molecule has 1 aromatic carbocycles. The number of aryl methyl sites for hydroxylation is 1. The van der Waals surface area contributed by atoms with Gasteiger partial charge in [-0.25, -0.2) is 0 Å². The average molecular weight is 261 g/mol. The summed E-state index contributed by atoms with van der Waals surface area (Å²) in [6.07, 6.45) is 3.77. The van der Waals surface area contributed by atoms with Crippen LogP contribution in [-0.4, -0.2) is 22.0 Å². The van der Waals surface area contributed by atoms with Crippen LogP contribution in [0.3, 0.4) is 0 Å². The third-order valence-corrected chi connectivity index (χ3v) is 3.04. The van der Waals surface area contributed by atoms with E-state index in [0.29, 0.717) is 5.75 Å². The lowest BCUT2D eigenvalue weighted by molar-refractivity contribution is 0.373. The number of hydrogen-bond acceptors (Lipinski definition) is 4. The van der Waals surface area contributed by atoms with Gasteiger partial charge in [0.1, 0.15) is 0 Å². The molecule has 0 spiro atoms. The molecule has 0 saturated heterocycles. The van der Waals surface area contributed by atoms with Gasteiger partial charge in [-0.3, -0.25) is 4.68 Å². The standard InChI is InChI=1S/C14H19N3O2/c1-4-17-9-12(8-15-17)16-10(2)11-5-6-13(18)14(7-11)19-3/h5-10,16,18H,4H2,1-3H3. The topological polar surface area (TPSA) is 59.3 Å². The molecule has 0 saturated carbocycles. The molecular weight excluding hydrogens is 242 g/mol. The van der Waals surface area contributed by atoms with Crippen LogP contribution in [0.15, 0.2) is 30.6 Å². The van der Waals surface area contributed by atoms with Gasteiger partial charge in [-0.15, -0.1) is 0 Å². The summed E-state index contributed by atoms with van der Waals surface area (Å²) >= 11 is 0. The molecule has 2 aromatic rings. The molecule has 1 aromatic heterocycles. The number of nitrogens with zero attached hydrogens (tertiary/aromatic N) is 2. The van der Waals surface area contributed by atoms with Gasteiger partial charge < -0.3 is 15.2 Å². The highest BCUT2D eigenvalue weighted by atomic mass is 16.5. The monoisotopic (exact) mass is 261 g/mol. The Kier molecular flexibility index (Phi) is 3.94. The van der Waals surface area contributed by atoms with E-state index in [1.54, 1.807) is 19.4 Å². The lowest BCUT2D eigenvalue weighted by Crippen LogP contribution is -2.06. The van der Waals surface area contributed by atoms with Crippen molar-refractivity contribution in [1.29, 1.82) is 0 Å². The fourth-order valence-electron chi connectivity index (χ4n) is 1.91. The molecule has 1 unspecified atom stereocenters. The maximum absolute atomic E-state index is 9.58. The number of phenolic OH excluding ortho intramolecular Hbond substituents is 1. The molecule has 0 aliphatic heterocycles. The molecule has 0 radical (unpaired) electrons. The van der Waals surface area contributed by atoms with E-state index in [4.69, 9.17) is 4.74 Å². The molecule has 0 aliphatic rings. The highest BCUT2D eigenvalue weighted by Crippen LogP contribution is 2.29. The Morgan fingerprint density at radius 3 is 2.89 bits per heavy atom. The smallest absolute Gasteiger partial charge is 0.160 e. The molecule has 0 fully saturated rings. The van der Waals surface area contributed by atoms with Crippen LogP contribution in [0.5, 0.6) is 11.5 Å². The van der Waals surface area contributed by atoms with Gasteiger partial charge in [0.05, 0.1) is 19.0 Å². The van der Waals surface area contributed by atoms with Crippen LogP contribution in [0.2, 0.25) is 0 Å². The first-order valence-electron chi connectivity index (χ1n) is 6.30. The molecule has 0 aliphatic carbocycles. The zero-order chi connectivity index (χ0) is 13.8. The fourth-order valence-corrected chi connectivity index (χ4v) is 1.91. The molecular formula is C14H19N3O2. The van der Waals surface area contributed by atoms with Gasteiger partial charge in [0.25, 0.3) is 0 Å². The van der Waals surface area contributed by atoms with Crippen molar-refractivity contribution in [3.8, 4) is 11.5 Å². The predicted molar refractivity (Wildman–Crippen MR) is 74.6 cm³/mol. The minimum atomic E-state index is 0.101. The summed E-state index contributed by atoms with van der Waals surface area (Å²) in [5, 5.41) is 17.2. The summed E-state index contributed by atoms with van der Waals surface area (Å²) in [6.45, 7) is 4.95. The Morgan fingerprint density at radius 1 is 1.47 bits per heavy atom. The Hall–Kier alpha value is -2.17. The summed E-state index contributed by atoms with van der Waals surface area (Å²) in [6, 6.07) is 5.45. The van der Waals surface area contributed by atoms with Crippen LogP contribution in [0.25, 0.3) is 0 Å². The molecule has 2 rings (SSSR count). The lowest BCUT2D eigenvalue weighted by Gasteiger charge is -2.15. The van der Waals surface area contributed by atoms with Crippen LogP contribution in [0, 0.1) is 0 Å². The van der Waals surface area contributed by atoms with E-state index in [1.807, 2.05) is 29.9 Å². The number of phenols is 1. The van der Waals surface area contributed by atoms with Crippen molar-refractivity contribution < 1.29 is 9.84 Å². The van der Waals surface area contributed by atoms with Gasteiger partial charge in [0.15, 0.2) is 11.5 Å². The van der Waals surface area contributed by atoms with Crippen molar-refractivity contribution in [2.75, 3.05) is 12.4 Å². The number of methoxy groups -OCH3 is 1. The largest absolute Gasteiger partial charge is 0.504 e. The number of ether oxygens (including phenoxy) is 1. The van der Waals surface area contributed by atoms with Gasteiger partial charge in [0.2, 0.25) is 0 Å². The molecule has 1 atom stereocenters. The SMILES string of the molecule is CCn1cc(NC(C)c2ccc(O)c(OC)c2)cn1. The van der Waals surface area contributed by atoms with Crippen LogP contribution < -0.4 is 10.1 Å². The second-order valence-electron chi connectivity index (χ2n) is 4.38. The summed E-state index contributed by atoms with van der Waals surface area (Å²) in [4.78, 5) is 0. The molecule has 0 amide bonds. The van der Waals surface area contributed by atoms with Crippen LogP contribution >= 0.6 is 0 Å². The molecule has 0 bridgehead atoms. The number of rotatable bonds is 5. The zero-order valence-electron chi connectivity index (χ0n) is 11.4. The molecule has 5 nitrogen and oxygen atoms in total. The highest BCUT2D eigenvalue weighted by Gasteiger charge is 2.10. The lowest BCUT2D eigenvalue weighted by atomic mass is 10.1. The van der Waals surface area contributed by atoms with Gasteiger partial charge in [0, 0.05) is 18.8 Å². The maximum atomic E-state index is 9.58. The molecule has 2 N–H and O–H groups in total. The van der Waals surface area contributed by atoms with E-state index >= 15 is 0 Å². The van der Waals surface area contributed by atoms with Crippen molar-refractivity contribution in [2.24, 2.45) is 0 Å².